The van der Waals surface area contributed by atoms with Crippen LogP contribution in [-0.4, -0.2) is 42.9 Å². The molecule has 6 rings (SSSR count). The molecule has 8 nitrogen and oxygen atoms in total. The van der Waals surface area contributed by atoms with Gasteiger partial charge < -0.3 is 25.0 Å². The maximum absolute atomic E-state index is 15.0. The van der Waals surface area contributed by atoms with Gasteiger partial charge in [-0.15, -0.1) is 0 Å². The maximum atomic E-state index is 15.0. The fraction of sp³-hybridized carbons (Fsp3) is 0.270. The Morgan fingerprint density at radius 3 is 2.28 bits per heavy atom. The molecule has 0 aromatic heterocycles. The first-order valence-corrected chi connectivity index (χ1v) is 16.1. The Balaban J connectivity index is 1.64. The van der Waals surface area contributed by atoms with Gasteiger partial charge in [0.1, 0.15) is 11.5 Å². The van der Waals surface area contributed by atoms with Gasteiger partial charge in [-0.05, 0) is 48.2 Å². The summed E-state index contributed by atoms with van der Waals surface area (Å²) in [4.78, 5) is 46.3. The van der Waals surface area contributed by atoms with Crippen molar-refractivity contribution < 1.29 is 23.9 Å². The van der Waals surface area contributed by atoms with Crippen LogP contribution in [0, 0.1) is 11.8 Å². The van der Waals surface area contributed by atoms with Gasteiger partial charge in [0.2, 0.25) is 0 Å². The number of hydrogen-bond acceptors (Lipinski definition) is 5. The van der Waals surface area contributed by atoms with Crippen molar-refractivity contribution in [3.63, 3.8) is 0 Å². The highest BCUT2D eigenvalue weighted by Crippen LogP contribution is 2.60. The third kappa shape index (κ3) is 5.22. The number of nitrogens with zero attached hydrogens (tertiary/aromatic N) is 1. The molecule has 2 aliphatic heterocycles. The minimum atomic E-state index is -1.67. The molecule has 236 valence electrons. The molecule has 1 fully saturated rings. The zero-order chi connectivity index (χ0) is 32.6. The summed E-state index contributed by atoms with van der Waals surface area (Å²) < 4.78 is 11.7. The molecule has 4 atom stereocenters. The zero-order valence-corrected chi connectivity index (χ0v) is 27.7. The second-order valence-corrected chi connectivity index (χ2v) is 13.0. The second-order valence-electron chi connectivity index (χ2n) is 12.1. The van der Waals surface area contributed by atoms with Crippen LogP contribution in [-0.2, 0) is 10.3 Å². The van der Waals surface area contributed by atoms with Crippen LogP contribution in [0.5, 0.6) is 11.5 Å². The third-order valence-electron chi connectivity index (χ3n) is 9.03. The van der Waals surface area contributed by atoms with E-state index in [2.05, 4.69) is 40.4 Å². The molecule has 0 saturated carbocycles. The van der Waals surface area contributed by atoms with Crippen molar-refractivity contribution in [3.8, 4) is 11.5 Å². The lowest BCUT2D eigenvalue weighted by atomic mass is 9.69. The van der Waals surface area contributed by atoms with E-state index in [1.165, 1.54) is 7.11 Å². The van der Waals surface area contributed by atoms with Gasteiger partial charge in [0.05, 0.1) is 25.8 Å². The zero-order valence-electron chi connectivity index (χ0n) is 26.1. The van der Waals surface area contributed by atoms with E-state index in [1.807, 2.05) is 66.7 Å². The Morgan fingerprint density at radius 2 is 1.63 bits per heavy atom. The summed E-state index contributed by atoms with van der Waals surface area (Å²) in [5.41, 5.74) is 1.24. The third-order valence-corrected chi connectivity index (χ3v) is 9.52. The molecule has 2 aliphatic rings. The van der Waals surface area contributed by atoms with Crippen LogP contribution < -0.4 is 20.1 Å². The smallest absolute Gasteiger partial charge is 0.323 e. The molecule has 2 N–H and O–H groups in total. The van der Waals surface area contributed by atoms with Crippen LogP contribution in [0.25, 0.3) is 0 Å². The number of anilines is 2. The number of ketones is 1. The number of amides is 3. The highest BCUT2D eigenvalue weighted by atomic mass is 79.9. The Bertz CT molecular complexity index is 1780. The van der Waals surface area contributed by atoms with Crippen molar-refractivity contribution >= 4 is 45.0 Å². The van der Waals surface area contributed by atoms with Crippen LogP contribution >= 0.6 is 15.9 Å². The van der Waals surface area contributed by atoms with E-state index in [1.54, 1.807) is 42.3 Å². The number of Topliss-reactive ketones (excluding diaryl/α,β-unsaturated/α-hetero) is 1. The number of ether oxygens (including phenoxy) is 2. The fourth-order valence-electron chi connectivity index (χ4n) is 7.23. The summed E-state index contributed by atoms with van der Waals surface area (Å²) in [5.74, 6) is -0.970. The van der Waals surface area contributed by atoms with Gasteiger partial charge in [-0.2, -0.15) is 0 Å². The molecule has 4 aromatic rings. The number of benzene rings is 4. The summed E-state index contributed by atoms with van der Waals surface area (Å²) in [7, 11) is 3.07. The maximum Gasteiger partial charge on any atom is 0.323 e. The van der Waals surface area contributed by atoms with Crippen LogP contribution in [0.3, 0.4) is 0 Å². The predicted molar refractivity (Wildman–Crippen MR) is 182 cm³/mol. The largest absolute Gasteiger partial charge is 0.497 e. The Labute approximate surface area is 277 Å². The monoisotopic (exact) mass is 681 g/mol. The summed E-state index contributed by atoms with van der Waals surface area (Å²) >= 11 is 3.60. The van der Waals surface area contributed by atoms with E-state index >= 15 is 0 Å². The lowest BCUT2D eigenvalue weighted by Gasteiger charge is -2.39. The van der Waals surface area contributed by atoms with Crippen molar-refractivity contribution in [3.05, 3.63) is 118 Å². The second kappa shape index (κ2) is 12.6. The van der Waals surface area contributed by atoms with Gasteiger partial charge in [0.25, 0.3) is 5.91 Å². The number of likely N-dealkylation sites (tertiary alicyclic amines) is 1. The van der Waals surface area contributed by atoms with E-state index in [0.29, 0.717) is 40.4 Å². The quantitative estimate of drug-likeness (QED) is 0.185. The van der Waals surface area contributed by atoms with Crippen LogP contribution in [0.1, 0.15) is 47.7 Å². The van der Waals surface area contributed by atoms with Crippen LogP contribution in [0.2, 0.25) is 0 Å². The van der Waals surface area contributed by atoms with Crippen LogP contribution in [0.15, 0.2) is 102 Å². The number of carbonyl (C=O) groups is 3. The number of fused-ring (bicyclic) bond motifs is 2. The normalized spacial score (nSPS) is 21.7. The SMILES string of the molecule is COc1ccc(NC(=O)N2C(CC(C)C)C(c3ccccc3)C(C(=O)c3ccccc3)C23C(=O)Nc2ccc(Br)cc23)c(OC)c1. The van der Waals surface area contributed by atoms with Crippen molar-refractivity contribution in [2.24, 2.45) is 11.8 Å². The lowest BCUT2D eigenvalue weighted by molar-refractivity contribution is -0.126. The standard InChI is InChI=1S/C37H36BrN3O5/c1-22(2)19-30-32(23-11-7-5-8-12-23)33(34(42)24-13-9-6-10-14-24)37(27-20-25(38)15-17-28(27)39-35(37)43)41(30)36(44)40-29-18-16-26(45-3)21-31(29)46-4/h5-18,20-22,30,32-33H,19H2,1-4H3,(H,39,43)(H,40,44). The highest BCUT2D eigenvalue weighted by molar-refractivity contribution is 9.10. The van der Waals surface area contributed by atoms with E-state index in [0.717, 1.165) is 10.0 Å². The molecular weight excluding hydrogens is 646 g/mol. The molecule has 4 unspecified atom stereocenters. The first-order chi connectivity index (χ1) is 22.2. The molecule has 0 aliphatic carbocycles. The summed E-state index contributed by atoms with van der Waals surface area (Å²) in [6, 6.07) is 28.4. The van der Waals surface area contributed by atoms with Crippen molar-refractivity contribution in [2.45, 2.75) is 37.8 Å². The molecule has 46 heavy (non-hydrogen) atoms. The summed E-state index contributed by atoms with van der Waals surface area (Å²) in [5, 5.41) is 6.10. The van der Waals surface area contributed by atoms with E-state index in [4.69, 9.17) is 9.47 Å². The first-order valence-electron chi connectivity index (χ1n) is 15.3. The summed E-state index contributed by atoms with van der Waals surface area (Å²) in [6.45, 7) is 4.17. The van der Waals surface area contributed by atoms with Gasteiger partial charge in [-0.3, -0.25) is 9.59 Å². The van der Waals surface area contributed by atoms with Gasteiger partial charge >= 0.3 is 6.03 Å². The molecule has 1 spiro atoms. The van der Waals surface area contributed by atoms with Crippen molar-refractivity contribution in [1.82, 2.24) is 4.90 Å². The topological polar surface area (TPSA) is 97.0 Å². The van der Waals surface area contributed by atoms with Crippen molar-refractivity contribution in [2.75, 3.05) is 24.9 Å². The summed E-state index contributed by atoms with van der Waals surface area (Å²) in [6.07, 6.45) is 0.545. The van der Waals surface area contributed by atoms with Crippen molar-refractivity contribution in [1.29, 1.82) is 0 Å². The fourth-order valence-corrected chi connectivity index (χ4v) is 7.59. The molecule has 1 saturated heterocycles. The number of rotatable bonds is 8. The first kappa shape index (κ1) is 31.4. The van der Waals surface area contributed by atoms with E-state index in [9.17, 15) is 14.4 Å². The number of carbonyl (C=O) groups excluding carboxylic acids is 3. The molecule has 9 heteroatoms. The molecule has 3 amide bonds. The molecule has 0 bridgehead atoms. The van der Waals surface area contributed by atoms with Gasteiger partial charge in [0, 0.05) is 39.3 Å². The molecule has 0 radical (unpaired) electrons. The number of urea groups is 1. The average Bonchev–Trinajstić information content (AvgIpc) is 3.52. The Kier molecular flexibility index (Phi) is 8.61. The van der Waals surface area contributed by atoms with Gasteiger partial charge in [0.15, 0.2) is 11.3 Å². The lowest BCUT2D eigenvalue weighted by Crippen LogP contribution is -2.57. The molecule has 2 heterocycles. The van der Waals surface area contributed by atoms with Crippen LogP contribution in [0.4, 0.5) is 16.2 Å². The van der Waals surface area contributed by atoms with Gasteiger partial charge in [-0.1, -0.05) is 90.4 Å². The minimum Gasteiger partial charge on any atom is -0.497 e. The Hall–Kier alpha value is -4.63. The average molecular weight is 683 g/mol. The number of halogens is 1. The minimum absolute atomic E-state index is 0.135. The number of nitrogens with one attached hydrogen (secondary N) is 2. The van der Waals surface area contributed by atoms with E-state index in [-0.39, 0.29) is 11.7 Å². The number of hydrogen-bond donors (Lipinski definition) is 2. The predicted octanol–water partition coefficient (Wildman–Crippen LogP) is 7.86. The highest BCUT2D eigenvalue weighted by Gasteiger charge is 2.70. The van der Waals surface area contributed by atoms with Gasteiger partial charge in [-0.25, -0.2) is 4.79 Å². The number of methoxy groups -OCH3 is 2. The van der Waals surface area contributed by atoms with E-state index < -0.39 is 35.4 Å². The Morgan fingerprint density at radius 1 is 0.935 bits per heavy atom. The molecular formula is C37H36BrN3O5. The molecule has 4 aromatic carbocycles.